The van der Waals surface area contributed by atoms with Crippen molar-refractivity contribution in [3.05, 3.63) is 0 Å². The Bertz CT molecular complexity index is 316. The van der Waals surface area contributed by atoms with Crippen molar-refractivity contribution in [3.8, 4) is 0 Å². The standard InChI is InChI=1S/3C7H18N2O.H3O4P/c3*8-4-1-2-5-9-6-3-7-10;1-5(2,3)4/h3*9-10H,1-8H2;(H3,1,2,3,4). The van der Waals surface area contributed by atoms with Gasteiger partial charge in [0, 0.05) is 19.8 Å². The summed E-state index contributed by atoms with van der Waals surface area (Å²) < 4.78 is 8.88. The van der Waals surface area contributed by atoms with E-state index >= 15 is 0 Å². The van der Waals surface area contributed by atoms with Crippen LogP contribution in [0.15, 0.2) is 0 Å². The van der Waals surface area contributed by atoms with Gasteiger partial charge >= 0.3 is 7.82 Å². The molecule has 0 unspecified atom stereocenters. The first-order valence-corrected chi connectivity index (χ1v) is 14.1. The second kappa shape index (κ2) is 40.9. The molecule has 0 radical (unpaired) electrons. The topological polar surface area (TPSA) is 253 Å². The number of nitrogens with two attached hydrogens (primary N) is 3. The molecule has 0 atom stereocenters. The summed E-state index contributed by atoms with van der Waals surface area (Å²) in [7, 11) is -4.64. The molecule has 0 aromatic carbocycles. The molecule has 0 saturated heterocycles. The predicted octanol–water partition coefficient (Wildman–Crippen LogP) is -1.84. The molecule has 0 amide bonds. The molecule has 0 aliphatic rings. The lowest BCUT2D eigenvalue weighted by Crippen LogP contribution is -2.18. The number of aliphatic hydroxyl groups is 3. The van der Waals surface area contributed by atoms with E-state index in [1.54, 1.807) is 0 Å². The first kappa shape index (κ1) is 41.9. The van der Waals surface area contributed by atoms with Crippen LogP contribution >= 0.6 is 7.82 Å². The molecule has 218 valence electrons. The number of hydrogen-bond acceptors (Lipinski definition) is 10. The summed E-state index contributed by atoms with van der Waals surface area (Å²) in [5, 5.41) is 34.8. The fourth-order valence-electron chi connectivity index (χ4n) is 2.17. The van der Waals surface area contributed by atoms with Crippen molar-refractivity contribution in [1.82, 2.24) is 16.0 Å². The Kier molecular flexibility index (Phi) is 48.9. The quantitative estimate of drug-likeness (QED) is 0.0570. The number of phosphoric acid groups is 1. The molecule has 0 aliphatic carbocycles. The molecule has 0 heterocycles. The minimum absolute atomic E-state index is 0.282. The highest BCUT2D eigenvalue weighted by Crippen LogP contribution is 2.25. The Morgan fingerprint density at radius 3 is 0.829 bits per heavy atom. The van der Waals surface area contributed by atoms with Crippen LogP contribution in [-0.2, 0) is 4.57 Å². The van der Waals surface area contributed by atoms with Crippen LogP contribution in [0.25, 0.3) is 0 Å². The summed E-state index contributed by atoms with van der Waals surface area (Å²) in [5.74, 6) is 0. The largest absolute Gasteiger partial charge is 0.466 e. The molecule has 0 bridgehead atoms. The molecule has 0 aromatic rings. The Morgan fingerprint density at radius 2 is 0.657 bits per heavy atom. The SMILES string of the molecule is NCCCCNCCCO.NCCCCNCCCO.NCCCCNCCCO.O=P(O)(O)O. The number of aliphatic hydroxyl groups excluding tert-OH is 3. The third-order valence-electron chi connectivity index (χ3n) is 3.96. The molecule has 15 N–H and O–H groups in total. The van der Waals surface area contributed by atoms with Crippen molar-refractivity contribution in [3.63, 3.8) is 0 Å². The lowest BCUT2D eigenvalue weighted by Gasteiger charge is -2.00. The van der Waals surface area contributed by atoms with Gasteiger partial charge in [-0.25, -0.2) is 4.57 Å². The average molecular weight is 537 g/mol. The van der Waals surface area contributed by atoms with Gasteiger partial charge in [0.25, 0.3) is 0 Å². The monoisotopic (exact) mass is 536 g/mol. The summed E-state index contributed by atoms with van der Waals surface area (Å²) in [5.41, 5.74) is 15.9. The number of hydrogen-bond donors (Lipinski definition) is 12. The molecule has 0 spiro atoms. The van der Waals surface area contributed by atoms with Crippen LogP contribution < -0.4 is 33.2 Å². The third-order valence-corrected chi connectivity index (χ3v) is 3.96. The van der Waals surface area contributed by atoms with Gasteiger partial charge in [0.15, 0.2) is 0 Å². The highest BCUT2D eigenvalue weighted by molar-refractivity contribution is 7.45. The van der Waals surface area contributed by atoms with Gasteiger partial charge in [-0.3, -0.25) is 0 Å². The van der Waals surface area contributed by atoms with Gasteiger partial charge in [-0.1, -0.05) is 0 Å². The second-order valence-corrected chi connectivity index (χ2v) is 8.51. The molecule has 35 heavy (non-hydrogen) atoms. The van der Waals surface area contributed by atoms with E-state index in [-0.39, 0.29) is 19.8 Å². The van der Waals surface area contributed by atoms with Gasteiger partial charge in [-0.05, 0) is 117 Å². The fraction of sp³-hybridized carbons (Fsp3) is 1.00. The lowest BCUT2D eigenvalue weighted by atomic mass is 10.3. The van der Waals surface area contributed by atoms with Gasteiger partial charge in [-0.2, -0.15) is 0 Å². The highest BCUT2D eigenvalue weighted by atomic mass is 31.2. The van der Waals surface area contributed by atoms with Crippen LogP contribution in [0, 0.1) is 0 Å². The van der Waals surface area contributed by atoms with E-state index in [2.05, 4.69) is 16.0 Å². The third kappa shape index (κ3) is 79.0. The molecule has 0 rings (SSSR count). The van der Waals surface area contributed by atoms with E-state index in [4.69, 9.17) is 51.8 Å². The van der Waals surface area contributed by atoms with Crippen LogP contribution in [-0.4, -0.2) is 109 Å². The lowest BCUT2D eigenvalue weighted by molar-refractivity contribution is 0.275. The minimum Gasteiger partial charge on any atom is -0.396 e. The number of unbranched alkanes of at least 4 members (excludes halogenated alkanes) is 3. The Morgan fingerprint density at radius 1 is 0.457 bits per heavy atom. The molecular weight excluding hydrogens is 479 g/mol. The van der Waals surface area contributed by atoms with E-state index in [0.717, 1.165) is 117 Å². The zero-order valence-electron chi connectivity index (χ0n) is 21.6. The smallest absolute Gasteiger partial charge is 0.396 e. The Balaban J connectivity index is -0.000000188. The van der Waals surface area contributed by atoms with Crippen molar-refractivity contribution in [1.29, 1.82) is 0 Å². The summed E-state index contributed by atoms with van der Waals surface area (Å²) in [6, 6.07) is 0. The van der Waals surface area contributed by atoms with E-state index in [1.807, 2.05) is 0 Å². The van der Waals surface area contributed by atoms with E-state index in [0.29, 0.717) is 0 Å². The first-order chi connectivity index (χ1) is 16.7. The minimum atomic E-state index is -4.64. The Hall–Kier alpha value is -0.250. The van der Waals surface area contributed by atoms with Crippen LogP contribution in [0.2, 0.25) is 0 Å². The van der Waals surface area contributed by atoms with E-state index in [1.165, 1.54) is 0 Å². The van der Waals surface area contributed by atoms with Crippen molar-refractivity contribution < 1.29 is 34.6 Å². The van der Waals surface area contributed by atoms with Gasteiger partial charge < -0.3 is 63.2 Å². The maximum atomic E-state index is 8.88. The van der Waals surface area contributed by atoms with Gasteiger partial charge in [0.1, 0.15) is 0 Å². The zero-order chi connectivity index (χ0) is 27.5. The maximum absolute atomic E-state index is 8.88. The Labute approximate surface area is 212 Å². The molecule has 13 nitrogen and oxygen atoms in total. The van der Waals surface area contributed by atoms with Crippen LogP contribution in [0.4, 0.5) is 0 Å². The first-order valence-electron chi connectivity index (χ1n) is 12.6. The van der Waals surface area contributed by atoms with Crippen LogP contribution in [0.5, 0.6) is 0 Å². The number of nitrogens with one attached hydrogen (secondary N) is 3. The summed E-state index contributed by atoms with van der Waals surface area (Å²) >= 11 is 0. The number of rotatable bonds is 21. The van der Waals surface area contributed by atoms with E-state index < -0.39 is 7.82 Å². The molecule has 0 aromatic heterocycles. The van der Waals surface area contributed by atoms with Crippen molar-refractivity contribution in [2.24, 2.45) is 17.2 Å². The van der Waals surface area contributed by atoms with Crippen LogP contribution in [0.1, 0.15) is 57.8 Å². The molecule has 0 fully saturated rings. The van der Waals surface area contributed by atoms with Crippen molar-refractivity contribution in [2.75, 3.05) is 78.7 Å². The van der Waals surface area contributed by atoms with Gasteiger partial charge in [0.2, 0.25) is 0 Å². The molecule has 0 saturated carbocycles. The second-order valence-electron chi connectivity index (χ2n) is 7.48. The van der Waals surface area contributed by atoms with E-state index in [9.17, 15) is 0 Å². The van der Waals surface area contributed by atoms with Crippen molar-refractivity contribution in [2.45, 2.75) is 57.8 Å². The normalized spacial score (nSPS) is 10.4. The average Bonchev–Trinajstić information content (AvgIpc) is 2.81. The maximum Gasteiger partial charge on any atom is 0.466 e. The summed E-state index contributed by atoms with van der Waals surface area (Å²) in [6.45, 7) is 9.01. The fourth-order valence-corrected chi connectivity index (χ4v) is 2.17. The summed E-state index contributed by atoms with van der Waals surface area (Å²) in [6.07, 6.45) is 9.24. The zero-order valence-corrected chi connectivity index (χ0v) is 22.5. The van der Waals surface area contributed by atoms with Gasteiger partial charge in [-0.15, -0.1) is 0 Å². The molecule has 0 aliphatic heterocycles. The van der Waals surface area contributed by atoms with Crippen molar-refractivity contribution >= 4 is 7.82 Å². The summed E-state index contributed by atoms with van der Waals surface area (Å²) in [4.78, 5) is 21.6. The van der Waals surface area contributed by atoms with Gasteiger partial charge in [0.05, 0.1) is 0 Å². The molecule has 14 heteroatoms. The molecular formula is C21H57N6O7P. The highest BCUT2D eigenvalue weighted by Gasteiger charge is 2.00. The van der Waals surface area contributed by atoms with Crippen LogP contribution in [0.3, 0.4) is 0 Å². The predicted molar refractivity (Wildman–Crippen MR) is 143 cm³/mol.